The Hall–Kier alpha value is -5.87. The van der Waals surface area contributed by atoms with Crippen LogP contribution in [0.2, 0.25) is 0 Å². The molecule has 0 unspecified atom stereocenters. The lowest BCUT2D eigenvalue weighted by molar-refractivity contribution is 0.621. The second-order valence-corrected chi connectivity index (χ2v) is 11.2. The minimum atomic E-state index is 0.596. The minimum absolute atomic E-state index is 0.596. The smallest absolute Gasteiger partial charge is 0.228 e. The third kappa shape index (κ3) is 3.12. The highest BCUT2D eigenvalue weighted by Gasteiger charge is 2.22. The van der Waals surface area contributed by atoms with E-state index >= 15 is 0 Å². The van der Waals surface area contributed by atoms with Crippen LogP contribution in [0.3, 0.4) is 0 Å². The van der Waals surface area contributed by atoms with Gasteiger partial charge in [-0.25, -0.2) is 4.98 Å². The van der Waals surface area contributed by atoms with Gasteiger partial charge in [-0.3, -0.25) is 0 Å². The standard InChI is InChI=1S/C39H22N2O2/c1-4-12-27-23(9-1)17-19-29-28-13-5-7-15-32(28)41(38(27)29)25-18-20-33-30(22-25)36-35(42-33)21-24-10-2-3-11-26(24)37(36)39-40-31-14-6-8-16-34(31)43-39/h1-22H. The van der Waals surface area contributed by atoms with Crippen LogP contribution in [0.1, 0.15) is 0 Å². The lowest BCUT2D eigenvalue weighted by Crippen LogP contribution is -1.94. The molecule has 0 aliphatic carbocycles. The van der Waals surface area contributed by atoms with Crippen LogP contribution in [0.4, 0.5) is 0 Å². The second-order valence-electron chi connectivity index (χ2n) is 11.2. The molecule has 0 amide bonds. The highest BCUT2D eigenvalue weighted by molar-refractivity contribution is 6.21. The lowest BCUT2D eigenvalue weighted by Gasteiger charge is -2.10. The fraction of sp³-hybridized carbons (Fsp3) is 0. The Kier molecular flexibility index (Phi) is 4.42. The van der Waals surface area contributed by atoms with Crippen LogP contribution in [0.5, 0.6) is 0 Å². The molecule has 3 aromatic heterocycles. The van der Waals surface area contributed by atoms with Crippen LogP contribution < -0.4 is 0 Å². The van der Waals surface area contributed by atoms with E-state index in [1.54, 1.807) is 0 Å². The van der Waals surface area contributed by atoms with Crippen molar-refractivity contribution in [2.45, 2.75) is 0 Å². The average molecular weight is 551 g/mol. The number of oxazole rings is 1. The topological polar surface area (TPSA) is 44.1 Å². The molecular formula is C39H22N2O2. The van der Waals surface area contributed by atoms with Crippen LogP contribution in [-0.4, -0.2) is 9.55 Å². The summed E-state index contributed by atoms with van der Waals surface area (Å²) in [5, 5.41) is 9.13. The second kappa shape index (κ2) is 8.34. The van der Waals surface area contributed by atoms with Crippen molar-refractivity contribution in [2.75, 3.05) is 0 Å². The molecule has 200 valence electrons. The maximum Gasteiger partial charge on any atom is 0.228 e. The summed E-state index contributed by atoms with van der Waals surface area (Å²) in [5.41, 5.74) is 7.66. The Labute approximate surface area is 245 Å². The average Bonchev–Trinajstić information content (AvgIpc) is 3.75. The summed E-state index contributed by atoms with van der Waals surface area (Å²) < 4.78 is 15.3. The van der Waals surface area contributed by atoms with Crippen molar-refractivity contribution >= 4 is 76.4 Å². The number of hydrogen-bond donors (Lipinski definition) is 0. The van der Waals surface area contributed by atoms with E-state index in [4.69, 9.17) is 13.8 Å². The number of aromatic nitrogens is 2. The SMILES string of the molecule is c1ccc2c(-c3nc4ccccc4o3)c3c(cc2c1)oc1ccc(-n2c4ccccc4c4ccc5ccccc5c42)cc13. The molecule has 10 aromatic rings. The molecule has 10 rings (SSSR count). The van der Waals surface area contributed by atoms with Gasteiger partial charge in [-0.2, -0.15) is 0 Å². The quantitative estimate of drug-likeness (QED) is 0.215. The Morgan fingerprint density at radius 1 is 0.488 bits per heavy atom. The Morgan fingerprint density at radius 3 is 2.16 bits per heavy atom. The molecule has 0 saturated carbocycles. The molecule has 0 atom stereocenters. The molecule has 0 aliphatic heterocycles. The van der Waals surface area contributed by atoms with E-state index in [0.29, 0.717) is 5.89 Å². The molecule has 0 spiro atoms. The summed E-state index contributed by atoms with van der Waals surface area (Å²) in [6, 6.07) is 46.7. The molecule has 43 heavy (non-hydrogen) atoms. The van der Waals surface area contributed by atoms with E-state index in [-0.39, 0.29) is 0 Å². The molecule has 0 aliphatic rings. The van der Waals surface area contributed by atoms with Gasteiger partial charge in [-0.15, -0.1) is 0 Å². The van der Waals surface area contributed by atoms with Gasteiger partial charge >= 0.3 is 0 Å². The number of rotatable bonds is 2. The van der Waals surface area contributed by atoms with Gasteiger partial charge in [0, 0.05) is 32.6 Å². The van der Waals surface area contributed by atoms with Crippen molar-refractivity contribution in [3.8, 4) is 17.1 Å². The number of hydrogen-bond acceptors (Lipinski definition) is 3. The predicted octanol–water partition coefficient (Wildman–Crippen LogP) is 10.8. The van der Waals surface area contributed by atoms with Crippen molar-refractivity contribution in [3.63, 3.8) is 0 Å². The van der Waals surface area contributed by atoms with Gasteiger partial charge in [0.15, 0.2) is 5.58 Å². The van der Waals surface area contributed by atoms with Gasteiger partial charge in [0.25, 0.3) is 0 Å². The third-order valence-electron chi connectivity index (χ3n) is 8.79. The minimum Gasteiger partial charge on any atom is -0.456 e. The highest BCUT2D eigenvalue weighted by Crippen LogP contribution is 2.44. The van der Waals surface area contributed by atoms with Crippen LogP contribution in [0, 0.1) is 0 Å². The monoisotopic (exact) mass is 550 g/mol. The van der Waals surface area contributed by atoms with Gasteiger partial charge in [0.05, 0.1) is 16.6 Å². The number of nitrogens with zero attached hydrogens (tertiary/aromatic N) is 2. The van der Waals surface area contributed by atoms with Crippen LogP contribution in [0.25, 0.3) is 93.5 Å². The van der Waals surface area contributed by atoms with Crippen molar-refractivity contribution in [2.24, 2.45) is 0 Å². The molecule has 3 heterocycles. The van der Waals surface area contributed by atoms with Crippen molar-refractivity contribution < 1.29 is 8.83 Å². The molecule has 4 nitrogen and oxygen atoms in total. The summed E-state index contributed by atoms with van der Waals surface area (Å²) in [6.07, 6.45) is 0. The van der Waals surface area contributed by atoms with Crippen LogP contribution in [-0.2, 0) is 0 Å². The fourth-order valence-corrected chi connectivity index (χ4v) is 6.93. The van der Waals surface area contributed by atoms with Crippen molar-refractivity contribution in [1.82, 2.24) is 9.55 Å². The Balaban J connectivity index is 1.35. The molecular weight excluding hydrogens is 528 g/mol. The lowest BCUT2D eigenvalue weighted by atomic mass is 9.98. The van der Waals surface area contributed by atoms with Gasteiger partial charge in [0.2, 0.25) is 5.89 Å². The van der Waals surface area contributed by atoms with E-state index in [1.807, 2.05) is 24.3 Å². The van der Waals surface area contributed by atoms with Gasteiger partial charge in [-0.1, -0.05) is 91.0 Å². The Morgan fingerprint density at radius 2 is 1.26 bits per heavy atom. The number of fused-ring (bicyclic) bond motifs is 10. The largest absolute Gasteiger partial charge is 0.456 e. The van der Waals surface area contributed by atoms with E-state index in [2.05, 4.69) is 114 Å². The summed E-state index contributed by atoms with van der Waals surface area (Å²) in [5.74, 6) is 0.596. The van der Waals surface area contributed by atoms with Crippen LogP contribution in [0.15, 0.2) is 142 Å². The van der Waals surface area contributed by atoms with Crippen molar-refractivity contribution in [1.29, 1.82) is 0 Å². The Bertz CT molecular complexity index is 2710. The first-order valence-corrected chi connectivity index (χ1v) is 14.5. The summed E-state index contributed by atoms with van der Waals surface area (Å²) in [7, 11) is 0. The zero-order valence-corrected chi connectivity index (χ0v) is 22.9. The first-order valence-electron chi connectivity index (χ1n) is 14.5. The molecule has 0 N–H and O–H groups in total. The highest BCUT2D eigenvalue weighted by atomic mass is 16.3. The molecule has 0 bridgehead atoms. The molecule has 0 fully saturated rings. The first-order chi connectivity index (χ1) is 21.3. The van der Waals surface area contributed by atoms with Crippen molar-refractivity contribution in [3.05, 3.63) is 133 Å². The summed E-state index contributed by atoms with van der Waals surface area (Å²) >= 11 is 0. The molecule has 0 saturated heterocycles. The fourth-order valence-electron chi connectivity index (χ4n) is 6.93. The maximum absolute atomic E-state index is 6.54. The maximum atomic E-state index is 6.54. The summed E-state index contributed by atoms with van der Waals surface area (Å²) in [6.45, 7) is 0. The zero-order chi connectivity index (χ0) is 28.1. The van der Waals surface area contributed by atoms with E-state index in [1.165, 1.54) is 32.6 Å². The molecule has 0 radical (unpaired) electrons. The van der Waals surface area contributed by atoms with Gasteiger partial charge in [0.1, 0.15) is 16.7 Å². The molecule has 4 heteroatoms. The van der Waals surface area contributed by atoms with E-state index < -0.39 is 0 Å². The summed E-state index contributed by atoms with van der Waals surface area (Å²) in [4.78, 5) is 4.94. The van der Waals surface area contributed by atoms with E-state index in [9.17, 15) is 0 Å². The third-order valence-corrected chi connectivity index (χ3v) is 8.79. The first kappa shape index (κ1) is 22.8. The predicted molar refractivity (Wildman–Crippen MR) is 176 cm³/mol. The number of benzene rings is 7. The number of para-hydroxylation sites is 3. The van der Waals surface area contributed by atoms with Crippen LogP contribution >= 0.6 is 0 Å². The molecule has 7 aromatic carbocycles. The van der Waals surface area contributed by atoms with Gasteiger partial charge in [-0.05, 0) is 58.6 Å². The van der Waals surface area contributed by atoms with E-state index in [0.717, 1.165) is 55.1 Å². The number of furan rings is 1. The zero-order valence-electron chi connectivity index (χ0n) is 22.9. The normalized spacial score (nSPS) is 12.2. The van der Waals surface area contributed by atoms with Gasteiger partial charge < -0.3 is 13.4 Å².